The Hall–Kier alpha value is -3.54. The van der Waals surface area contributed by atoms with E-state index < -0.39 is 23.7 Å². The van der Waals surface area contributed by atoms with E-state index in [0.29, 0.717) is 35.0 Å². The van der Waals surface area contributed by atoms with Gasteiger partial charge in [0.2, 0.25) is 5.82 Å². The molecule has 39 heavy (non-hydrogen) atoms. The van der Waals surface area contributed by atoms with E-state index in [2.05, 4.69) is 20.0 Å². The number of nitrogens with zero attached hydrogens (tertiary/aromatic N) is 5. The number of imidazole rings is 1. The second-order valence-electron chi connectivity index (χ2n) is 9.52. The number of aldehydes is 1. The Morgan fingerprint density at radius 2 is 1.90 bits per heavy atom. The zero-order chi connectivity index (χ0) is 27.6. The summed E-state index contributed by atoms with van der Waals surface area (Å²) in [4.78, 5) is 21.1. The van der Waals surface area contributed by atoms with Gasteiger partial charge in [-0.15, -0.1) is 0 Å². The molecule has 204 valence electrons. The number of hydrogen-bond acceptors (Lipinski definition) is 7. The van der Waals surface area contributed by atoms with Gasteiger partial charge in [0, 0.05) is 35.8 Å². The molecule has 0 unspecified atom stereocenters. The maximum Gasteiger partial charge on any atom is 0.434 e. The van der Waals surface area contributed by atoms with Gasteiger partial charge in [0.05, 0.1) is 6.10 Å². The van der Waals surface area contributed by atoms with Crippen molar-refractivity contribution in [1.29, 1.82) is 0 Å². The molecule has 0 saturated carbocycles. The van der Waals surface area contributed by atoms with Crippen LogP contribution in [-0.2, 0) is 11.0 Å². The number of aliphatic hydroxyl groups is 1. The second-order valence-corrected chi connectivity index (χ2v) is 9.95. The fraction of sp³-hybridized carbons (Fsp3) is 0.333. The zero-order valence-corrected chi connectivity index (χ0v) is 21.4. The van der Waals surface area contributed by atoms with Crippen molar-refractivity contribution in [3.05, 3.63) is 71.1 Å². The summed E-state index contributed by atoms with van der Waals surface area (Å²) >= 11 is 5.87. The van der Waals surface area contributed by atoms with E-state index in [1.165, 1.54) is 24.3 Å². The van der Waals surface area contributed by atoms with Gasteiger partial charge in [-0.05, 0) is 55.1 Å². The minimum absolute atomic E-state index is 0.0907. The Morgan fingerprint density at radius 3 is 2.59 bits per heavy atom. The van der Waals surface area contributed by atoms with Crippen LogP contribution in [0.5, 0.6) is 0 Å². The highest BCUT2D eigenvalue weighted by Crippen LogP contribution is 2.38. The zero-order valence-electron chi connectivity index (χ0n) is 20.7. The molecule has 1 saturated heterocycles. The van der Waals surface area contributed by atoms with Crippen molar-refractivity contribution < 1.29 is 27.6 Å². The molecule has 1 aliphatic heterocycles. The summed E-state index contributed by atoms with van der Waals surface area (Å²) in [5.41, 5.74) is -0.121. The molecule has 0 aliphatic carbocycles. The predicted octanol–water partition coefficient (Wildman–Crippen LogP) is 5.60. The maximum absolute atomic E-state index is 14.1. The fourth-order valence-electron chi connectivity index (χ4n) is 4.86. The van der Waals surface area contributed by atoms with Crippen LogP contribution in [0.4, 0.5) is 13.2 Å². The van der Waals surface area contributed by atoms with Crippen LogP contribution >= 0.6 is 11.6 Å². The van der Waals surface area contributed by atoms with Crippen molar-refractivity contribution >= 4 is 17.9 Å². The van der Waals surface area contributed by atoms with Crippen molar-refractivity contribution in [2.75, 3.05) is 19.6 Å². The topological polar surface area (TPSA) is 97.3 Å². The molecule has 0 amide bonds. The third kappa shape index (κ3) is 6.05. The van der Waals surface area contributed by atoms with Crippen LogP contribution in [-0.4, -0.2) is 55.6 Å². The average molecular weight is 560 g/mol. The van der Waals surface area contributed by atoms with Crippen LogP contribution in [0.1, 0.15) is 36.6 Å². The Balaban J connectivity index is 1.33. The van der Waals surface area contributed by atoms with E-state index >= 15 is 0 Å². The lowest BCUT2D eigenvalue weighted by Gasteiger charge is -2.33. The number of aliphatic hydroxyl groups excluding tert-OH is 1. The molecule has 1 aliphatic rings. The third-order valence-corrected chi connectivity index (χ3v) is 7.04. The van der Waals surface area contributed by atoms with E-state index in [1.807, 2.05) is 0 Å². The molecule has 0 radical (unpaired) electrons. The number of β-amino-alcohol motifs (C(OH)–C–C–N with tert-alkyl or cyclic N) is 1. The second kappa shape index (κ2) is 11.3. The van der Waals surface area contributed by atoms with E-state index in [1.54, 1.807) is 24.3 Å². The van der Waals surface area contributed by atoms with Gasteiger partial charge in [0.15, 0.2) is 11.4 Å². The molecule has 2 atom stereocenters. The summed E-state index contributed by atoms with van der Waals surface area (Å²) in [5.74, 6) is 0.0331. The first-order valence-electron chi connectivity index (χ1n) is 12.4. The van der Waals surface area contributed by atoms with Gasteiger partial charge in [-0.1, -0.05) is 41.0 Å². The van der Waals surface area contributed by atoms with Crippen LogP contribution in [0.2, 0.25) is 5.02 Å². The standard InChI is InChI=1S/C27H25ClF3N5O3/c28-20-7-9-21(10-8-20)36-16-32-23(24(36)27(29,30)31)26-33-25(34-39-26)19-5-3-18(4-6-19)22(38)15-35-12-1-2-17(14-35)11-13-37/h3-10,13,16-17,22,38H,1-2,11-12,14-15H2/t17-,22-/m1/s1. The molecule has 2 aromatic carbocycles. The minimum atomic E-state index is -4.75. The number of piperidine rings is 1. The number of carbonyl (C=O) groups is 1. The van der Waals surface area contributed by atoms with Gasteiger partial charge in [0.1, 0.15) is 12.6 Å². The highest BCUT2D eigenvalue weighted by atomic mass is 35.5. The lowest BCUT2D eigenvalue weighted by atomic mass is 9.95. The van der Waals surface area contributed by atoms with Crippen LogP contribution in [0.15, 0.2) is 59.4 Å². The quantitative estimate of drug-likeness (QED) is 0.281. The average Bonchev–Trinajstić information content (AvgIpc) is 3.58. The molecule has 0 spiro atoms. The van der Waals surface area contributed by atoms with Gasteiger partial charge in [0.25, 0.3) is 5.89 Å². The number of halogens is 4. The Labute approximate surface area is 227 Å². The largest absolute Gasteiger partial charge is 0.434 e. The molecule has 2 aromatic heterocycles. The van der Waals surface area contributed by atoms with Crippen molar-refractivity contribution in [3.63, 3.8) is 0 Å². The van der Waals surface area contributed by atoms with Gasteiger partial charge in [-0.2, -0.15) is 18.2 Å². The number of benzene rings is 2. The smallest absolute Gasteiger partial charge is 0.387 e. The number of hydrogen-bond donors (Lipinski definition) is 1. The van der Waals surface area contributed by atoms with Crippen molar-refractivity contribution in [2.45, 2.75) is 31.5 Å². The summed E-state index contributed by atoms with van der Waals surface area (Å²) in [6.45, 7) is 2.08. The van der Waals surface area contributed by atoms with Gasteiger partial charge < -0.3 is 19.3 Å². The number of aromatic nitrogens is 4. The number of alkyl halides is 3. The molecule has 1 N–H and O–H groups in total. The summed E-state index contributed by atoms with van der Waals surface area (Å²) in [6, 6.07) is 12.7. The van der Waals surface area contributed by atoms with E-state index in [9.17, 15) is 23.1 Å². The first-order chi connectivity index (χ1) is 18.7. The monoisotopic (exact) mass is 559 g/mol. The summed E-state index contributed by atoms with van der Waals surface area (Å²) in [7, 11) is 0. The van der Waals surface area contributed by atoms with Gasteiger partial charge in [-0.3, -0.25) is 4.57 Å². The van der Waals surface area contributed by atoms with Crippen LogP contribution in [0, 0.1) is 5.92 Å². The molecular formula is C27H25ClF3N5O3. The maximum atomic E-state index is 14.1. The van der Waals surface area contributed by atoms with Crippen molar-refractivity contribution in [3.8, 4) is 28.7 Å². The first kappa shape index (κ1) is 27.0. The van der Waals surface area contributed by atoms with Gasteiger partial charge in [-0.25, -0.2) is 4.98 Å². The van der Waals surface area contributed by atoms with Crippen LogP contribution < -0.4 is 0 Å². The lowest BCUT2D eigenvalue weighted by Crippen LogP contribution is -2.38. The molecule has 8 nitrogen and oxygen atoms in total. The Morgan fingerprint density at radius 1 is 1.15 bits per heavy atom. The summed E-state index contributed by atoms with van der Waals surface area (Å²) < 4.78 is 48.2. The van der Waals surface area contributed by atoms with E-state index in [4.69, 9.17) is 16.1 Å². The lowest BCUT2D eigenvalue weighted by molar-refractivity contribution is -0.141. The fourth-order valence-corrected chi connectivity index (χ4v) is 4.99. The minimum Gasteiger partial charge on any atom is -0.387 e. The summed E-state index contributed by atoms with van der Waals surface area (Å²) in [5, 5.41) is 15.0. The Kier molecular flexibility index (Phi) is 7.83. The van der Waals surface area contributed by atoms with Crippen LogP contribution in [0.25, 0.3) is 28.7 Å². The molecule has 5 rings (SSSR count). The molecule has 0 bridgehead atoms. The molecular weight excluding hydrogens is 535 g/mol. The SMILES string of the molecule is O=CC[C@H]1CCCN(C[C@@H](O)c2ccc(-c3noc(-c4ncn(-c5ccc(Cl)cc5)c4C(F)(F)F)n3)cc2)C1. The van der Waals surface area contributed by atoms with E-state index in [0.717, 1.165) is 43.1 Å². The molecule has 3 heterocycles. The highest BCUT2D eigenvalue weighted by molar-refractivity contribution is 6.30. The Bertz CT molecular complexity index is 1420. The molecule has 1 fully saturated rings. The molecule has 4 aromatic rings. The van der Waals surface area contributed by atoms with Crippen molar-refractivity contribution in [1.82, 2.24) is 24.6 Å². The normalized spacial score (nSPS) is 17.3. The van der Waals surface area contributed by atoms with E-state index in [-0.39, 0.29) is 17.4 Å². The van der Waals surface area contributed by atoms with Gasteiger partial charge >= 0.3 is 6.18 Å². The number of rotatable bonds is 8. The van der Waals surface area contributed by atoms with Crippen molar-refractivity contribution in [2.24, 2.45) is 5.92 Å². The number of likely N-dealkylation sites (tertiary alicyclic amines) is 1. The third-order valence-electron chi connectivity index (χ3n) is 6.79. The highest BCUT2D eigenvalue weighted by Gasteiger charge is 2.40. The molecule has 12 heteroatoms. The van der Waals surface area contributed by atoms with Crippen LogP contribution in [0.3, 0.4) is 0 Å². The summed E-state index contributed by atoms with van der Waals surface area (Å²) in [6.07, 6.45) is -0.968. The predicted molar refractivity (Wildman–Crippen MR) is 137 cm³/mol. The number of carbonyl (C=O) groups excluding carboxylic acids is 1. The first-order valence-corrected chi connectivity index (χ1v) is 12.8.